The molecule has 4 heterocycles. The van der Waals surface area contributed by atoms with Crippen molar-refractivity contribution in [2.75, 3.05) is 0 Å². The first-order valence-corrected chi connectivity index (χ1v) is 28.1. The molecule has 0 aliphatic carbocycles. The molecule has 4 aromatic heterocycles. The number of pyridine rings is 3. The molecule has 0 spiro atoms. The van der Waals surface area contributed by atoms with E-state index in [9.17, 15) is 0 Å². The molecule has 0 aliphatic rings. The van der Waals surface area contributed by atoms with Crippen molar-refractivity contribution < 1.29 is 20.1 Å². The first-order valence-electron chi connectivity index (χ1n) is 27.3. The van der Waals surface area contributed by atoms with E-state index in [-0.39, 0.29) is 20.1 Å². The van der Waals surface area contributed by atoms with E-state index in [2.05, 4.69) is 254 Å². The van der Waals surface area contributed by atoms with Crippen molar-refractivity contribution in [3.63, 3.8) is 0 Å². The van der Waals surface area contributed by atoms with Crippen molar-refractivity contribution >= 4 is 31.5 Å². The summed E-state index contributed by atoms with van der Waals surface area (Å²) in [7, 11) is 0. The molecule has 10 aromatic carbocycles. The first-order chi connectivity index (χ1) is 39.9. The zero-order valence-corrected chi connectivity index (χ0v) is 48.2. The van der Waals surface area contributed by atoms with Gasteiger partial charge in [0, 0.05) is 38.8 Å². The molecule has 0 saturated heterocycles. The maximum Gasteiger partial charge on any atom is 3.00 e. The van der Waals surface area contributed by atoms with E-state index in [4.69, 9.17) is 4.98 Å². The van der Waals surface area contributed by atoms with Crippen LogP contribution in [0, 0.1) is 32.0 Å². The predicted molar refractivity (Wildman–Crippen MR) is 338 cm³/mol. The van der Waals surface area contributed by atoms with Crippen molar-refractivity contribution in [1.29, 1.82) is 0 Å². The second kappa shape index (κ2) is 22.6. The van der Waals surface area contributed by atoms with Crippen LogP contribution >= 0.6 is 11.3 Å². The topological polar surface area (TPSA) is 38.7 Å². The molecule has 0 saturated carbocycles. The molecule has 0 amide bonds. The average molecular weight is 1240 g/mol. The van der Waals surface area contributed by atoms with E-state index in [1.807, 2.05) is 66.3 Å². The minimum atomic E-state index is 0. The van der Waals surface area contributed by atoms with Crippen molar-refractivity contribution in [3.8, 4) is 123 Å². The summed E-state index contributed by atoms with van der Waals surface area (Å²) in [4.78, 5) is 14.1. The van der Waals surface area contributed by atoms with E-state index in [0.717, 1.165) is 112 Å². The van der Waals surface area contributed by atoms with Gasteiger partial charge in [-0.3, -0.25) is 0 Å². The molecule has 388 valence electrons. The molecule has 0 bridgehead atoms. The molecular weight excluding hydrogens is 1190 g/mol. The van der Waals surface area contributed by atoms with E-state index in [1.165, 1.54) is 42.4 Å². The van der Waals surface area contributed by atoms with E-state index < -0.39 is 0 Å². The summed E-state index contributed by atoms with van der Waals surface area (Å²) in [6.07, 6.45) is 5.57. The van der Waals surface area contributed by atoms with Gasteiger partial charge in [-0.15, -0.1) is 101 Å². The Morgan fingerprint density at radius 1 is 0.280 bits per heavy atom. The minimum Gasteiger partial charge on any atom is -0.305 e. The summed E-state index contributed by atoms with van der Waals surface area (Å²) >= 11 is 1.85. The van der Waals surface area contributed by atoms with E-state index >= 15 is 0 Å². The zero-order valence-electron chi connectivity index (χ0n) is 45.0. The number of fused-ring (bicyclic) bond motifs is 3. The van der Waals surface area contributed by atoms with Gasteiger partial charge in [-0.05, 0) is 146 Å². The van der Waals surface area contributed by atoms with Crippen molar-refractivity contribution in [2.45, 2.75) is 13.8 Å². The monoisotopic (exact) mass is 1240 g/mol. The van der Waals surface area contributed by atoms with E-state index in [0.29, 0.717) is 0 Å². The predicted octanol–water partition coefficient (Wildman–Crippen LogP) is 20.6. The average Bonchev–Trinajstić information content (AvgIpc) is 4.03. The molecule has 0 aliphatic heterocycles. The van der Waals surface area contributed by atoms with Crippen LogP contribution < -0.4 is 0 Å². The normalized spacial score (nSPS) is 11.2. The summed E-state index contributed by atoms with van der Waals surface area (Å²) in [6, 6.07) is 99.8. The standard InChI is InChI=1S/C77H50N3S.Ir/c1-50-42-71(55-26-30-57(31-27-55)74-21-11-13-40-79-74)72(43-51(50)2)64-45-62(67-18-8-6-16-65(67)53-22-28-56(29-23-53)73-20-10-12-39-78-73)44-63(46-64)68-19-9-7-17-66(68)54-24-32-58(33-25-54)75-47-61(38-41-80-75)60-35-37-70-69-36-34-59(52-14-4-3-5-15-52)48-76(69)81-77(70)49-60;/h3-28,30,32,34-49H,1-2H3;/q-3;+3. The van der Waals surface area contributed by atoms with Crippen molar-refractivity contribution in [1.82, 2.24) is 15.0 Å². The first kappa shape index (κ1) is 51.9. The van der Waals surface area contributed by atoms with Gasteiger partial charge in [0.2, 0.25) is 0 Å². The molecule has 5 heteroatoms. The number of hydrogen-bond acceptors (Lipinski definition) is 4. The molecule has 0 unspecified atom stereocenters. The van der Waals surface area contributed by atoms with Gasteiger partial charge in [0.15, 0.2) is 0 Å². The van der Waals surface area contributed by atoms with Crippen LogP contribution in [0.1, 0.15) is 11.1 Å². The Bertz CT molecular complexity index is 4610. The largest absolute Gasteiger partial charge is 3.00 e. The van der Waals surface area contributed by atoms with Crippen LogP contribution in [0.15, 0.2) is 267 Å². The SMILES string of the molecule is Cc1cc(-c2c[c-]c(-c3ccccn3)cc2)c(-c2cc(-c3ccccc3-c3c[c-]c(-c4ccccn4)cc3)cc(-c3ccccc3-c3c[c-]c(-c4cc(-c5ccc6c(c5)sc5cc(-c7ccccc7)ccc56)ccn4)cc3)c2)cc1C.[Ir+3]. The maximum absolute atomic E-state index is 4.88. The van der Waals surface area contributed by atoms with Crippen molar-refractivity contribution in [2.24, 2.45) is 0 Å². The van der Waals surface area contributed by atoms with Gasteiger partial charge >= 0.3 is 20.1 Å². The zero-order chi connectivity index (χ0) is 54.2. The smallest absolute Gasteiger partial charge is 0.305 e. The number of aryl methyl sites for hydroxylation is 2. The number of thiophene rings is 1. The minimum absolute atomic E-state index is 0. The van der Waals surface area contributed by atoms with Crippen LogP contribution in [0.4, 0.5) is 0 Å². The van der Waals surface area contributed by atoms with E-state index in [1.54, 1.807) is 0 Å². The summed E-state index contributed by atoms with van der Waals surface area (Å²) in [5.41, 5.74) is 26.1. The van der Waals surface area contributed by atoms with Gasteiger partial charge in [-0.1, -0.05) is 179 Å². The number of hydrogen-bond donors (Lipinski definition) is 0. The number of nitrogens with zero attached hydrogens (tertiary/aromatic N) is 3. The summed E-state index contributed by atoms with van der Waals surface area (Å²) in [5, 5.41) is 2.57. The number of aromatic nitrogens is 3. The Kier molecular flexibility index (Phi) is 14.3. The Hall–Kier alpha value is -9.48. The quantitative estimate of drug-likeness (QED) is 0.121. The molecule has 0 fully saturated rings. The fraction of sp³-hybridized carbons (Fsp3) is 0.0260. The molecular formula is C77H50IrN3S. The van der Waals surface area contributed by atoms with Crippen LogP contribution in [0.2, 0.25) is 0 Å². The Labute approximate surface area is 496 Å². The van der Waals surface area contributed by atoms with Gasteiger partial charge in [0.25, 0.3) is 0 Å². The van der Waals surface area contributed by atoms with Gasteiger partial charge in [-0.25, -0.2) is 0 Å². The fourth-order valence-corrected chi connectivity index (χ4v) is 12.4. The van der Waals surface area contributed by atoms with Crippen molar-refractivity contribution in [3.05, 3.63) is 297 Å². The van der Waals surface area contributed by atoms with Crippen LogP contribution in [0.3, 0.4) is 0 Å². The second-order valence-electron chi connectivity index (χ2n) is 20.6. The molecule has 3 nitrogen and oxygen atoms in total. The molecule has 14 rings (SSSR count). The van der Waals surface area contributed by atoms with Crippen LogP contribution in [0.25, 0.3) is 143 Å². The third-order valence-electron chi connectivity index (χ3n) is 15.6. The fourth-order valence-electron chi connectivity index (χ4n) is 11.2. The molecule has 0 N–H and O–H groups in total. The van der Waals surface area contributed by atoms with Gasteiger partial charge < -0.3 is 15.0 Å². The van der Waals surface area contributed by atoms with Crippen LogP contribution in [0.5, 0.6) is 0 Å². The van der Waals surface area contributed by atoms with Gasteiger partial charge in [0.1, 0.15) is 0 Å². The van der Waals surface area contributed by atoms with Crippen LogP contribution in [-0.4, -0.2) is 15.0 Å². The molecule has 14 aromatic rings. The Balaban J connectivity index is 0.00000631. The number of rotatable bonds is 11. The molecule has 0 radical (unpaired) electrons. The maximum atomic E-state index is 4.88. The van der Waals surface area contributed by atoms with Crippen LogP contribution in [-0.2, 0) is 20.1 Å². The summed E-state index contributed by atoms with van der Waals surface area (Å²) in [6.45, 7) is 4.40. The van der Waals surface area contributed by atoms with Gasteiger partial charge in [0.05, 0.1) is 0 Å². The molecule has 0 atom stereocenters. The molecule has 82 heavy (non-hydrogen) atoms. The summed E-state index contributed by atoms with van der Waals surface area (Å²) < 4.78 is 2.56. The second-order valence-corrected chi connectivity index (χ2v) is 21.7. The Morgan fingerprint density at radius 3 is 1.15 bits per heavy atom. The third-order valence-corrected chi connectivity index (χ3v) is 16.7. The summed E-state index contributed by atoms with van der Waals surface area (Å²) in [5.74, 6) is 0. The number of benzene rings is 10. The Morgan fingerprint density at radius 2 is 0.671 bits per heavy atom. The van der Waals surface area contributed by atoms with Gasteiger partial charge in [-0.2, -0.15) is 0 Å². The third kappa shape index (κ3) is 10.2.